The van der Waals surface area contributed by atoms with Crippen LogP contribution in [-0.2, 0) is 9.59 Å². The molecule has 0 radical (unpaired) electrons. The van der Waals surface area contributed by atoms with Crippen LogP contribution in [0.25, 0.3) is 0 Å². The summed E-state index contributed by atoms with van der Waals surface area (Å²) in [7, 11) is 0. The summed E-state index contributed by atoms with van der Waals surface area (Å²) in [5, 5.41) is 10.6. The van der Waals surface area contributed by atoms with Crippen molar-refractivity contribution in [2.75, 3.05) is 0 Å². The Morgan fingerprint density at radius 2 is 2.06 bits per heavy atom. The molecule has 0 aromatic rings. The smallest absolute Gasteiger partial charge is 0.156 e. The molecule has 0 bridgehead atoms. The summed E-state index contributed by atoms with van der Waals surface area (Å²) in [6, 6.07) is 0. The maximum absolute atomic E-state index is 11.4. The summed E-state index contributed by atoms with van der Waals surface area (Å²) in [5.41, 5.74) is -1.21. The van der Waals surface area contributed by atoms with Gasteiger partial charge in [-0.2, -0.15) is 0 Å². The predicted octanol–water partition coefficient (Wildman–Crippen LogP) is 1.81. The fourth-order valence-electron chi connectivity index (χ4n) is 2.10. The van der Waals surface area contributed by atoms with Crippen molar-refractivity contribution < 1.29 is 14.7 Å². The number of aliphatic hydroxyl groups is 1. The number of ketones is 2. The molecule has 0 aromatic carbocycles. The van der Waals surface area contributed by atoms with E-state index in [0.29, 0.717) is 5.57 Å². The molecule has 1 N–H and O–H groups in total. The first-order valence-electron chi connectivity index (χ1n) is 5.33. The van der Waals surface area contributed by atoms with Crippen molar-refractivity contribution in [3.63, 3.8) is 0 Å². The third-order valence-electron chi connectivity index (χ3n) is 3.19. The molecule has 1 atom stereocenters. The van der Waals surface area contributed by atoms with Gasteiger partial charge in [-0.3, -0.25) is 9.59 Å². The minimum Gasteiger partial charge on any atom is -0.381 e. The van der Waals surface area contributed by atoms with Crippen molar-refractivity contribution in [3.8, 4) is 0 Å². The largest absolute Gasteiger partial charge is 0.381 e. The molecule has 0 amide bonds. The molecule has 88 valence electrons. The lowest BCUT2D eigenvalue weighted by Gasteiger charge is -2.43. The van der Waals surface area contributed by atoms with Crippen molar-refractivity contribution in [1.29, 1.82) is 0 Å². The van der Waals surface area contributed by atoms with Gasteiger partial charge >= 0.3 is 0 Å². The summed E-state index contributed by atoms with van der Waals surface area (Å²) in [5.74, 6) is -0.0997. The number of rotatable bonds is 2. The van der Waals surface area contributed by atoms with Gasteiger partial charge in [-0.1, -0.05) is 13.8 Å². The van der Waals surface area contributed by atoms with Crippen LogP contribution in [0.2, 0.25) is 0 Å². The second-order valence-corrected chi connectivity index (χ2v) is 5.06. The zero-order chi connectivity index (χ0) is 12.6. The first-order chi connectivity index (χ1) is 7.19. The molecule has 0 aliphatic heterocycles. The predicted molar refractivity (Wildman–Crippen MR) is 61.9 cm³/mol. The number of carbonyl (C=O) groups excluding carboxylic acids is 2. The Kier molecular flexibility index (Phi) is 3.20. The molecule has 3 heteroatoms. The normalized spacial score (nSPS) is 29.3. The van der Waals surface area contributed by atoms with Crippen LogP contribution < -0.4 is 0 Å². The lowest BCUT2D eigenvalue weighted by Crippen LogP contribution is -2.48. The van der Waals surface area contributed by atoms with E-state index in [0.717, 1.165) is 0 Å². The highest BCUT2D eigenvalue weighted by atomic mass is 16.3. The fourth-order valence-corrected chi connectivity index (χ4v) is 2.10. The zero-order valence-corrected chi connectivity index (χ0v) is 10.2. The Labute approximate surface area is 95.9 Å². The number of hydrogen-bond donors (Lipinski definition) is 1. The highest BCUT2D eigenvalue weighted by Crippen LogP contribution is 2.43. The van der Waals surface area contributed by atoms with Gasteiger partial charge in [0.25, 0.3) is 0 Å². The Balaban J connectivity index is 3.21. The van der Waals surface area contributed by atoms with E-state index in [1.54, 1.807) is 6.92 Å². The fraction of sp³-hybridized carbons (Fsp3) is 0.538. The van der Waals surface area contributed by atoms with E-state index in [4.69, 9.17) is 0 Å². The van der Waals surface area contributed by atoms with Gasteiger partial charge in [-0.25, -0.2) is 0 Å². The van der Waals surface area contributed by atoms with E-state index < -0.39 is 11.0 Å². The Morgan fingerprint density at radius 1 is 1.50 bits per heavy atom. The van der Waals surface area contributed by atoms with E-state index in [-0.39, 0.29) is 18.0 Å². The van der Waals surface area contributed by atoms with E-state index in [1.165, 1.54) is 25.2 Å². The lowest BCUT2D eigenvalue weighted by molar-refractivity contribution is -0.121. The third kappa shape index (κ3) is 2.14. The minimum absolute atomic E-state index is 0.0170. The molecule has 0 fully saturated rings. The van der Waals surface area contributed by atoms with Gasteiger partial charge in [0.2, 0.25) is 0 Å². The molecule has 0 saturated heterocycles. The molecular weight excluding hydrogens is 204 g/mol. The average Bonchev–Trinajstić information content (AvgIpc) is 2.10. The maximum Gasteiger partial charge on any atom is 0.156 e. The van der Waals surface area contributed by atoms with Gasteiger partial charge in [0.15, 0.2) is 11.6 Å². The Morgan fingerprint density at radius 3 is 2.50 bits per heavy atom. The molecule has 0 saturated carbocycles. The molecule has 0 heterocycles. The minimum atomic E-state index is -1.22. The van der Waals surface area contributed by atoms with Crippen molar-refractivity contribution >= 4 is 11.6 Å². The Bertz CT molecular complexity index is 388. The SMILES string of the molecule is CC(=O)C=C[C@@]1(O)C(C)=CC(=O)CC1(C)C. The van der Waals surface area contributed by atoms with Crippen LogP contribution in [-0.4, -0.2) is 22.3 Å². The average molecular weight is 222 g/mol. The second-order valence-electron chi connectivity index (χ2n) is 5.06. The van der Waals surface area contributed by atoms with Gasteiger partial charge in [0.05, 0.1) is 0 Å². The van der Waals surface area contributed by atoms with E-state index >= 15 is 0 Å². The first-order valence-corrected chi connectivity index (χ1v) is 5.33. The van der Waals surface area contributed by atoms with E-state index in [9.17, 15) is 14.7 Å². The number of allylic oxidation sites excluding steroid dienone is 2. The van der Waals surface area contributed by atoms with Crippen molar-refractivity contribution in [2.45, 2.75) is 39.7 Å². The second kappa shape index (κ2) is 3.98. The Hall–Kier alpha value is -1.22. The molecule has 0 unspecified atom stereocenters. The van der Waals surface area contributed by atoms with E-state index in [1.807, 2.05) is 13.8 Å². The monoisotopic (exact) mass is 222 g/mol. The molecule has 1 aliphatic rings. The molecule has 0 aromatic heterocycles. The molecule has 1 rings (SSSR count). The van der Waals surface area contributed by atoms with Crippen molar-refractivity contribution in [3.05, 3.63) is 23.8 Å². The standard InChI is InChI=1S/C13H18O3/c1-9-7-11(15)8-12(3,4)13(9,16)6-5-10(2)14/h5-7,16H,8H2,1-4H3/t13-/m1/s1. The molecule has 16 heavy (non-hydrogen) atoms. The first kappa shape index (κ1) is 12.8. The highest BCUT2D eigenvalue weighted by Gasteiger charge is 2.46. The lowest BCUT2D eigenvalue weighted by atomic mass is 9.64. The van der Waals surface area contributed by atoms with Gasteiger partial charge in [-0.05, 0) is 37.6 Å². The van der Waals surface area contributed by atoms with Crippen LogP contribution in [0.3, 0.4) is 0 Å². The quantitative estimate of drug-likeness (QED) is 0.725. The van der Waals surface area contributed by atoms with Crippen molar-refractivity contribution in [2.24, 2.45) is 5.41 Å². The number of carbonyl (C=O) groups is 2. The maximum atomic E-state index is 11.4. The van der Waals surface area contributed by atoms with Gasteiger partial charge < -0.3 is 5.11 Å². The van der Waals surface area contributed by atoms with Crippen LogP contribution in [0.5, 0.6) is 0 Å². The number of hydrogen-bond acceptors (Lipinski definition) is 3. The van der Waals surface area contributed by atoms with Crippen LogP contribution in [0.15, 0.2) is 23.8 Å². The highest BCUT2D eigenvalue weighted by molar-refractivity contribution is 5.93. The summed E-state index contributed by atoms with van der Waals surface area (Å²) < 4.78 is 0. The topological polar surface area (TPSA) is 54.4 Å². The zero-order valence-electron chi connectivity index (χ0n) is 10.2. The van der Waals surface area contributed by atoms with Crippen LogP contribution >= 0.6 is 0 Å². The molecule has 1 aliphatic carbocycles. The van der Waals surface area contributed by atoms with Gasteiger partial charge in [-0.15, -0.1) is 0 Å². The summed E-state index contributed by atoms with van der Waals surface area (Å²) in [6.45, 7) is 6.79. The van der Waals surface area contributed by atoms with Crippen LogP contribution in [0.1, 0.15) is 34.1 Å². The van der Waals surface area contributed by atoms with Gasteiger partial charge in [0.1, 0.15) is 5.60 Å². The molecule has 3 nitrogen and oxygen atoms in total. The van der Waals surface area contributed by atoms with Crippen molar-refractivity contribution in [1.82, 2.24) is 0 Å². The summed E-state index contributed by atoms with van der Waals surface area (Å²) in [6.07, 6.45) is 4.58. The van der Waals surface area contributed by atoms with Crippen LogP contribution in [0.4, 0.5) is 0 Å². The summed E-state index contributed by atoms with van der Waals surface area (Å²) >= 11 is 0. The summed E-state index contributed by atoms with van der Waals surface area (Å²) in [4.78, 5) is 22.4. The molecule has 0 spiro atoms. The molecular formula is C13H18O3. The van der Waals surface area contributed by atoms with Crippen LogP contribution in [0, 0.1) is 5.41 Å². The third-order valence-corrected chi connectivity index (χ3v) is 3.19. The van der Waals surface area contributed by atoms with E-state index in [2.05, 4.69) is 0 Å². The van der Waals surface area contributed by atoms with Gasteiger partial charge in [0, 0.05) is 11.8 Å².